The average molecular weight is 592 g/mol. The number of anilines is 1. The van der Waals surface area contributed by atoms with E-state index in [1.165, 1.54) is 11.0 Å². The van der Waals surface area contributed by atoms with Crippen molar-refractivity contribution in [3.63, 3.8) is 0 Å². The molecule has 0 radical (unpaired) electrons. The number of aromatic nitrogens is 4. The van der Waals surface area contributed by atoms with Crippen molar-refractivity contribution < 1.29 is 22.4 Å². The highest BCUT2D eigenvalue weighted by Gasteiger charge is 2.34. The molecular formula is C25H22BrF4N7O. The van der Waals surface area contributed by atoms with Gasteiger partial charge < -0.3 is 10.2 Å². The van der Waals surface area contributed by atoms with Gasteiger partial charge in [-0.25, -0.2) is 19.0 Å². The molecule has 0 saturated carbocycles. The van der Waals surface area contributed by atoms with Crippen molar-refractivity contribution in [3.8, 4) is 5.69 Å². The first-order chi connectivity index (χ1) is 18.1. The third-order valence-corrected chi connectivity index (χ3v) is 6.98. The quantitative estimate of drug-likeness (QED) is 0.351. The number of carbonyl (C=O) groups excluding carboxylic acids is 1. The van der Waals surface area contributed by atoms with Crippen LogP contribution in [0.3, 0.4) is 0 Å². The van der Waals surface area contributed by atoms with Gasteiger partial charge in [0.2, 0.25) is 5.91 Å². The molecule has 1 N–H and O–H groups in total. The van der Waals surface area contributed by atoms with E-state index < -0.39 is 23.6 Å². The van der Waals surface area contributed by atoms with Gasteiger partial charge in [0.15, 0.2) is 5.65 Å². The SMILES string of the molecule is CN1CCN(c2ncnc3nn(-c4ccc(C(F)(F)F)c(F)c4)cc23)C[C@H]1C(=O)NCc1ccc(Br)cc1. The molecule has 1 fully saturated rings. The summed E-state index contributed by atoms with van der Waals surface area (Å²) in [5.41, 5.74) is 0.0373. The number of benzene rings is 2. The number of likely N-dealkylation sites (N-methyl/N-ethyl adjacent to an activating group) is 1. The van der Waals surface area contributed by atoms with Crippen LogP contribution in [-0.2, 0) is 17.5 Å². The molecule has 0 bridgehead atoms. The fourth-order valence-corrected chi connectivity index (χ4v) is 4.61. The van der Waals surface area contributed by atoms with Crippen LogP contribution in [0.25, 0.3) is 16.7 Å². The van der Waals surface area contributed by atoms with Gasteiger partial charge in [0.25, 0.3) is 0 Å². The van der Waals surface area contributed by atoms with Crippen LogP contribution in [0.1, 0.15) is 11.1 Å². The predicted molar refractivity (Wildman–Crippen MR) is 136 cm³/mol. The number of carbonyl (C=O) groups is 1. The lowest BCUT2D eigenvalue weighted by molar-refractivity contribution is -0.140. The highest BCUT2D eigenvalue weighted by Crippen LogP contribution is 2.32. The molecule has 0 aliphatic carbocycles. The number of alkyl halides is 3. The normalized spacial score (nSPS) is 16.7. The number of hydrogen-bond acceptors (Lipinski definition) is 6. The minimum atomic E-state index is -4.79. The molecule has 2 aromatic carbocycles. The van der Waals surface area contributed by atoms with Crippen molar-refractivity contribution in [1.29, 1.82) is 0 Å². The van der Waals surface area contributed by atoms with Crippen LogP contribution in [0, 0.1) is 5.82 Å². The maximum absolute atomic E-state index is 14.2. The summed E-state index contributed by atoms with van der Waals surface area (Å²) < 4.78 is 55.2. The Labute approximate surface area is 223 Å². The van der Waals surface area contributed by atoms with E-state index in [9.17, 15) is 22.4 Å². The van der Waals surface area contributed by atoms with Gasteiger partial charge in [0.1, 0.15) is 24.0 Å². The lowest BCUT2D eigenvalue weighted by atomic mass is 10.1. The molecule has 0 spiro atoms. The molecule has 8 nitrogen and oxygen atoms in total. The third kappa shape index (κ3) is 5.34. The van der Waals surface area contributed by atoms with Gasteiger partial charge in [-0.1, -0.05) is 28.1 Å². The van der Waals surface area contributed by atoms with Crippen LogP contribution in [0.5, 0.6) is 0 Å². The van der Waals surface area contributed by atoms with E-state index in [2.05, 4.69) is 36.3 Å². The number of nitrogens with one attached hydrogen (secondary N) is 1. The van der Waals surface area contributed by atoms with Gasteiger partial charge in [-0.15, -0.1) is 5.10 Å². The van der Waals surface area contributed by atoms with Crippen molar-refractivity contribution in [2.24, 2.45) is 0 Å². The Kier molecular flexibility index (Phi) is 7.05. The van der Waals surface area contributed by atoms with Gasteiger partial charge >= 0.3 is 6.18 Å². The molecule has 5 rings (SSSR count). The summed E-state index contributed by atoms with van der Waals surface area (Å²) in [6.07, 6.45) is -1.91. The first-order valence-corrected chi connectivity index (χ1v) is 12.4. The number of halogens is 5. The van der Waals surface area contributed by atoms with E-state index in [1.54, 1.807) is 6.20 Å². The molecule has 1 atom stereocenters. The van der Waals surface area contributed by atoms with Crippen LogP contribution >= 0.6 is 15.9 Å². The van der Waals surface area contributed by atoms with Gasteiger partial charge in [-0.2, -0.15) is 13.2 Å². The number of nitrogens with zero attached hydrogens (tertiary/aromatic N) is 6. The monoisotopic (exact) mass is 591 g/mol. The summed E-state index contributed by atoms with van der Waals surface area (Å²) in [6.45, 7) is 1.93. The predicted octanol–water partition coefficient (Wildman–Crippen LogP) is 4.17. The lowest BCUT2D eigenvalue weighted by Crippen LogP contribution is -2.57. The average Bonchev–Trinajstić information content (AvgIpc) is 3.32. The van der Waals surface area contributed by atoms with E-state index in [0.29, 0.717) is 49.1 Å². The van der Waals surface area contributed by atoms with E-state index in [1.807, 2.05) is 41.1 Å². The van der Waals surface area contributed by atoms with Gasteiger partial charge in [0, 0.05) is 42.9 Å². The van der Waals surface area contributed by atoms with Crippen LogP contribution in [-0.4, -0.2) is 63.3 Å². The van der Waals surface area contributed by atoms with Crippen molar-refractivity contribution in [2.75, 3.05) is 31.6 Å². The van der Waals surface area contributed by atoms with Crippen molar-refractivity contribution in [2.45, 2.75) is 18.8 Å². The van der Waals surface area contributed by atoms with Crippen molar-refractivity contribution in [3.05, 3.63) is 76.4 Å². The Balaban J connectivity index is 1.36. The zero-order valence-electron chi connectivity index (χ0n) is 20.1. The van der Waals surface area contributed by atoms with Crippen molar-refractivity contribution in [1.82, 2.24) is 30.0 Å². The summed E-state index contributed by atoms with van der Waals surface area (Å²) >= 11 is 3.40. The van der Waals surface area contributed by atoms with Crippen LogP contribution in [0.4, 0.5) is 23.4 Å². The first kappa shape index (κ1) is 26.0. The first-order valence-electron chi connectivity index (χ1n) is 11.6. The molecule has 0 unspecified atom stereocenters. The Morgan fingerprint density at radius 2 is 1.89 bits per heavy atom. The summed E-state index contributed by atoms with van der Waals surface area (Å²) in [5, 5.41) is 7.83. The number of hydrogen-bond donors (Lipinski definition) is 1. The Bertz CT molecular complexity index is 1480. The molecule has 198 valence electrons. The van der Waals surface area contributed by atoms with E-state index >= 15 is 0 Å². The highest BCUT2D eigenvalue weighted by atomic mass is 79.9. The van der Waals surface area contributed by atoms with Crippen LogP contribution in [0.15, 0.2) is 59.5 Å². The van der Waals surface area contributed by atoms with E-state index in [4.69, 9.17) is 0 Å². The third-order valence-electron chi connectivity index (χ3n) is 6.45. The lowest BCUT2D eigenvalue weighted by Gasteiger charge is -2.39. The number of piperazine rings is 1. The van der Waals surface area contributed by atoms with Crippen LogP contribution in [0.2, 0.25) is 0 Å². The highest BCUT2D eigenvalue weighted by molar-refractivity contribution is 9.10. The maximum atomic E-state index is 14.2. The second-order valence-corrected chi connectivity index (χ2v) is 9.87. The number of rotatable bonds is 5. The summed E-state index contributed by atoms with van der Waals surface area (Å²) in [5.74, 6) is -0.981. The van der Waals surface area contributed by atoms with E-state index in [-0.39, 0.29) is 11.6 Å². The molecule has 1 aliphatic rings. The second-order valence-electron chi connectivity index (χ2n) is 8.96. The number of fused-ring (bicyclic) bond motifs is 1. The molecule has 2 aromatic heterocycles. The Morgan fingerprint density at radius 3 is 2.61 bits per heavy atom. The molecule has 1 amide bonds. The van der Waals surface area contributed by atoms with Crippen LogP contribution < -0.4 is 10.2 Å². The van der Waals surface area contributed by atoms with Crippen molar-refractivity contribution >= 4 is 38.7 Å². The maximum Gasteiger partial charge on any atom is 0.419 e. The minimum Gasteiger partial charge on any atom is -0.353 e. The van der Waals surface area contributed by atoms with Gasteiger partial charge in [-0.3, -0.25) is 9.69 Å². The summed E-state index contributed by atoms with van der Waals surface area (Å²) in [6, 6.07) is 9.85. The molecule has 1 saturated heterocycles. The fraction of sp³-hybridized carbons (Fsp3) is 0.280. The van der Waals surface area contributed by atoms with Gasteiger partial charge in [0.05, 0.1) is 16.6 Å². The molecule has 4 aromatic rings. The molecular weight excluding hydrogens is 570 g/mol. The molecule has 3 heterocycles. The molecule has 1 aliphatic heterocycles. The zero-order chi connectivity index (χ0) is 27.0. The minimum absolute atomic E-state index is 0.114. The Morgan fingerprint density at radius 1 is 1.13 bits per heavy atom. The topological polar surface area (TPSA) is 79.2 Å². The largest absolute Gasteiger partial charge is 0.419 e. The molecule has 38 heavy (non-hydrogen) atoms. The standard InChI is InChI=1S/C25H22BrF4N7O/c1-35-8-9-36(13-21(35)24(38)31-11-15-2-4-16(26)5-3-15)23-18-12-37(34-22(18)32-14-33-23)17-6-7-19(20(27)10-17)25(28,29)30/h2-7,10,12,14,21H,8-9,11,13H2,1H3,(H,31,38)/t21-/m0/s1. The molecule has 13 heteroatoms. The van der Waals surface area contributed by atoms with E-state index in [0.717, 1.165) is 22.2 Å². The fourth-order valence-electron chi connectivity index (χ4n) is 4.34. The Hall–Kier alpha value is -3.58. The summed E-state index contributed by atoms with van der Waals surface area (Å²) in [4.78, 5) is 25.5. The summed E-state index contributed by atoms with van der Waals surface area (Å²) in [7, 11) is 1.88. The smallest absolute Gasteiger partial charge is 0.353 e. The van der Waals surface area contributed by atoms with Gasteiger partial charge in [-0.05, 0) is 36.9 Å². The number of amides is 1. The second kappa shape index (κ2) is 10.3. The zero-order valence-corrected chi connectivity index (χ0v) is 21.7.